The second-order valence-electron chi connectivity index (χ2n) is 2.86. The largest absolute Gasteiger partial charge is 0.575 e. The monoisotopic (exact) mass is 250 g/mol. The van der Waals surface area contributed by atoms with Gasteiger partial charge in [0.05, 0.1) is 12.5 Å². The van der Waals surface area contributed by atoms with E-state index in [9.17, 15) is 0 Å². The summed E-state index contributed by atoms with van der Waals surface area (Å²) in [7, 11) is 0.245. The number of hydrogen-bond donors (Lipinski definition) is 0. The predicted octanol–water partition coefficient (Wildman–Crippen LogP) is 3.35. The molecule has 0 heterocycles. The zero-order valence-corrected chi connectivity index (χ0v) is 10.3. The Balaban J connectivity index is 3.10. The lowest BCUT2D eigenvalue weighted by Gasteiger charge is -1.97. The normalized spacial score (nSPS) is 11.1. The first kappa shape index (κ1) is 14.7. The van der Waals surface area contributed by atoms with E-state index in [-0.39, 0.29) is 7.69 Å². The molecule has 86 valence electrons. The fourth-order valence-electron chi connectivity index (χ4n) is 0.780. The Hall–Kier alpha value is -0.275. The number of allylic oxidation sites excluding steroid dienone is 2. The van der Waals surface area contributed by atoms with Crippen molar-refractivity contribution in [3.05, 3.63) is 24.7 Å². The van der Waals surface area contributed by atoms with Gasteiger partial charge in [-0.1, -0.05) is 12.2 Å². The summed E-state index contributed by atoms with van der Waals surface area (Å²) < 4.78 is 10.1. The minimum atomic E-state index is 0.245. The Kier molecular flexibility index (Phi) is 13.5. The van der Waals surface area contributed by atoms with Crippen molar-refractivity contribution in [1.82, 2.24) is 0 Å². The first-order valence-corrected chi connectivity index (χ1v) is 6.14. The van der Waals surface area contributed by atoms with Gasteiger partial charge in [-0.25, -0.2) is 0 Å². The van der Waals surface area contributed by atoms with Crippen LogP contribution in [0.15, 0.2) is 24.7 Å². The van der Waals surface area contributed by atoms with Crippen LogP contribution in [0.5, 0.6) is 0 Å². The maximum atomic E-state index is 5.51. The molecule has 0 bridgehead atoms. The van der Waals surface area contributed by atoms with Crippen molar-refractivity contribution in [2.24, 2.45) is 0 Å². The van der Waals surface area contributed by atoms with E-state index in [1.54, 1.807) is 12.5 Å². The highest BCUT2D eigenvalue weighted by Crippen LogP contribution is 1.94. The van der Waals surface area contributed by atoms with Crippen molar-refractivity contribution in [3.63, 3.8) is 0 Å². The molecule has 15 heavy (non-hydrogen) atoms. The highest BCUT2D eigenvalue weighted by Gasteiger charge is 1.86. The second kappa shape index (κ2) is 13.7. The summed E-state index contributed by atoms with van der Waals surface area (Å²) in [6.45, 7) is 0. The van der Waals surface area contributed by atoms with Gasteiger partial charge in [0.25, 0.3) is 0 Å². The van der Waals surface area contributed by atoms with E-state index in [0.717, 1.165) is 25.7 Å². The molecule has 0 aliphatic heterocycles. The Labute approximate surface area is 103 Å². The lowest BCUT2D eigenvalue weighted by Crippen LogP contribution is -1.94. The van der Waals surface area contributed by atoms with Gasteiger partial charge in [0, 0.05) is 11.8 Å². The zero-order valence-electron chi connectivity index (χ0n) is 8.83. The van der Waals surface area contributed by atoms with Crippen LogP contribution in [0.25, 0.3) is 0 Å². The molecule has 0 radical (unpaired) electrons. The highest BCUT2D eigenvalue weighted by molar-refractivity contribution is 6.18. The van der Waals surface area contributed by atoms with Crippen molar-refractivity contribution in [1.29, 1.82) is 0 Å². The SMILES string of the molecule is ClCCCC=COBOC=CCCCCl. The standard InChI is InChI=1S/C10H17BCl2O2/c12-7-3-1-5-9-14-11-15-10-6-2-4-8-13/h5-6,9-11H,1-4,7-8H2. The molecule has 0 unspecified atom stereocenters. The smallest absolute Gasteiger partial charge is 0.535 e. The molecule has 0 N–H and O–H groups in total. The summed E-state index contributed by atoms with van der Waals surface area (Å²) in [5, 5.41) is 0. The summed E-state index contributed by atoms with van der Waals surface area (Å²) in [4.78, 5) is 0. The number of alkyl halides is 2. The molecular formula is C10H17BCl2O2. The lowest BCUT2D eigenvalue weighted by molar-refractivity contribution is 0.374. The van der Waals surface area contributed by atoms with Gasteiger partial charge >= 0.3 is 7.69 Å². The Morgan fingerprint density at radius 1 is 0.867 bits per heavy atom. The predicted molar refractivity (Wildman–Crippen MR) is 67.5 cm³/mol. The summed E-state index contributed by atoms with van der Waals surface area (Å²) in [6.07, 6.45) is 11.0. The fraction of sp³-hybridized carbons (Fsp3) is 0.600. The third-order valence-electron chi connectivity index (χ3n) is 1.53. The van der Waals surface area contributed by atoms with Crippen LogP contribution in [0.3, 0.4) is 0 Å². The highest BCUT2D eigenvalue weighted by atomic mass is 35.5. The van der Waals surface area contributed by atoms with Crippen LogP contribution in [0.2, 0.25) is 0 Å². The van der Waals surface area contributed by atoms with Gasteiger partial charge in [-0.15, -0.1) is 23.2 Å². The van der Waals surface area contributed by atoms with Crippen molar-refractivity contribution < 1.29 is 9.31 Å². The van der Waals surface area contributed by atoms with Crippen LogP contribution < -0.4 is 0 Å². The summed E-state index contributed by atoms with van der Waals surface area (Å²) in [5.41, 5.74) is 0. The molecular weight excluding hydrogens is 234 g/mol. The molecule has 0 rings (SSSR count). The second-order valence-corrected chi connectivity index (χ2v) is 3.61. The van der Waals surface area contributed by atoms with Gasteiger partial charge in [0.15, 0.2) is 0 Å². The average molecular weight is 251 g/mol. The fourth-order valence-corrected chi connectivity index (χ4v) is 1.09. The van der Waals surface area contributed by atoms with Gasteiger partial charge in [0.1, 0.15) is 0 Å². The molecule has 0 saturated carbocycles. The molecule has 0 spiro atoms. The molecule has 0 aromatic carbocycles. The molecule has 0 aromatic heterocycles. The van der Waals surface area contributed by atoms with E-state index in [0.29, 0.717) is 11.8 Å². The Morgan fingerprint density at radius 3 is 1.73 bits per heavy atom. The third-order valence-corrected chi connectivity index (χ3v) is 2.06. The summed E-state index contributed by atoms with van der Waals surface area (Å²) >= 11 is 11.0. The average Bonchev–Trinajstić information content (AvgIpc) is 2.26. The number of unbranched alkanes of at least 4 members (excludes halogenated alkanes) is 2. The van der Waals surface area contributed by atoms with Crippen molar-refractivity contribution in [2.45, 2.75) is 25.7 Å². The maximum absolute atomic E-state index is 5.51. The van der Waals surface area contributed by atoms with Crippen LogP contribution in [0, 0.1) is 0 Å². The van der Waals surface area contributed by atoms with E-state index in [2.05, 4.69) is 0 Å². The van der Waals surface area contributed by atoms with Crippen molar-refractivity contribution in [2.75, 3.05) is 11.8 Å². The summed E-state index contributed by atoms with van der Waals surface area (Å²) in [6, 6.07) is 0. The van der Waals surface area contributed by atoms with Crippen molar-refractivity contribution in [3.8, 4) is 0 Å². The van der Waals surface area contributed by atoms with Gasteiger partial charge in [0.2, 0.25) is 0 Å². The molecule has 0 atom stereocenters. The quantitative estimate of drug-likeness (QED) is 0.256. The first-order valence-electron chi connectivity index (χ1n) is 5.07. The number of hydrogen-bond acceptors (Lipinski definition) is 2. The zero-order chi connectivity index (χ0) is 11.2. The minimum Gasteiger partial charge on any atom is -0.535 e. The molecule has 0 aliphatic rings. The molecule has 0 aliphatic carbocycles. The lowest BCUT2D eigenvalue weighted by atomic mass is 10.3. The van der Waals surface area contributed by atoms with E-state index in [1.807, 2.05) is 12.2 Å². The Bertz CT molecular complexity index is 157. The van der Waals surface area contributed by atoms with Crippen LogP contribution in [-0.4, -0.2) is 19.4 Å². The molecule has 0 amide bonds. The third kappa shape index (κ3) is 13.7. The van der Waals surface area contributed by atoms with Crippen molar-refractivity contribution >= 4 is 30.9 Å². The van der Waals surface area contributed by atoms with Gasteiger partial charge in [-0.05, 0) is 25.7 Å². The van der Waals surface area contributed by atoms with E-state index in [1.165, 1.54) is 0 Å². The minimum absolute atomic E-state index is 0.245. The molecule has 0 fully saturated rings. The molecule has 0 aromatic rings. The topological polar surface area (TPSA) is 18.5 Å². The van der Waals surface area contributed by atoms with Gasteiger partial charge < -0.3 is 9.31 Å². The van der Waals surface area contributed by atoms with Crippen LogP contribution >= 0.6 is 23.2 Å². The molecule has 5 heteroatoms. The van der Waals surface area contributed by atoms with Crippen LogP contribution in [-0.2, 0) is 9.31 Å². The molecule has 0 saturated heterocycles. The van der Waals surface area contributed by atoms with Gasteiger partial charge in [-0.2, -0.15) is 0 Å². The first-order chi connectivity index (χ1) is 7.41. The van der Waals surface area contributed by atoms with Crippen LogP contribution in [0.1, 0.15) is 25.7 Å². The number of rotatable bonds is 10. The van der Waals surface area contributed by atoms with E-state index < -0.39 is 0 Å². The number of halogens is 2. The molecule has 2 nitrogen and oxygen atoms in total. The Morgan fingerprint density at radius 2 is 1.33 bits per heavy atom. The van der Waals surface area contributed by atoms with E-state index in [4.69, 9.17) is 32.5 Å². The maximum Gasteiger partial charge on any atom is 0.575 e. The van der Waals surface area contributed by atoms with E-state index >= 15 is 0 Å². The van der Waals surface area contributed by atoms with Crippen LogP contribution in [0.4, 0.5) is 0 Å². The summed E-state index contributed by atoms with van der Waals surface area (Å²) in [5.74, 6) is 1.37. The van der Waals surface area contributed by atoms with Gasteiger partial charge in [-0.3, -0.25) is 0 Å².